The average molecular weight is 481 g/mol. The van der Waals surface area contributed by atoms with Gasteiger partial charge in [0.1, 0.15) is 0 Å². The van der Waals surface area contributed by atoms with Crippen LogP contribution in [0.1, 0.15) is 44.7 Å². The third kappa shape index (κ3) is 6.06. The summed E-state index contributed by atoms with van der Waals surface area (Å²) in [6.07, 6.45) is -3.09. The molecule has 0 unspecified atom stereocenters. The van der Waals surface area contributed by atoms with Gasteiger partial charge in [0, 0.05) is 42.0 Å². The number of alkyl halides is 3. The fourth-order valence-electron chi connectivity index (χ4n) is 3.77. The molecule has 9 heteroatoms. The molecule has 1 heterocycles. The minimum absolute atomic E-state index is 0.00924. The van der Waals surface area contributed by atoms with Crippen molar-refractivity contribution >= 4 is 29.1 Å². The average Bonchev–Trinajstić information content (AvgIpc) is 3.23. The van der Waals surface area contributed by atoms with Gasteiger partial charge in [0.15, 0.2) is 0 Å². The first-order valence-corrected chi connectivity index (χ1v) is 11.0. The van der Waals surface area contributed by atoms with Crippen LogP contribution in [0.3, 0.4) is 0 Å². The van der Waals surface area contributed by atoms with Crippen LogP contribution >= 0.6 is 0 Å². The number of carbonyl (C=O) groups is 3. The highest BCUT2D eigenvalue weighted by Gasteiger charge is 2.30. The molecule has 0 radical (unpaired) electrons. The number of hydrogen-bond acceptors (Lipinski definition) is 3. The quantitative estimate of drug-likeness (QED) is 0.499. The van der Waals surface area contributed by atoms with Crippen molar-refractivity contribution in [2.24, 2.45) is 0 Å². The van der Waals surface area contributed by atoms with E-state index in [0.29, 0.717) is 24.2 Å². The lowest BCUT2D eigenvalue weighted by atomic mass is 10.1. The number of benzene rings is 3. The van der Waals surface area contributed by atoms with Crippen molar-refractivity contribution in [1.29, 1.82) is 0 Å². The first-order valence-electron chi connectivity index (χ1n) is 11.0. The molecule has 3 aromatic rings. The van der Waals surface area contributed by atoms with Gasteiger partial charge < -0.3 is 15.5 Å². The second-order valence-corrected chi connectivity index (χ2v) is 8.18. The zero-order valence-corrected chi connectivity index (χ0v) is 18.6. The molecule has 1 fully saturated rings. The monoisotopic (exact) mass is 481 g/mol. The van der Waals surface area contributed by atoms with E-state index < -0.39 is 17.6 Å². The van der Waals surface area contributed by atoms with E-state index >= 15 is 0 Å². The van der Waals surface area contributed by atoms with Gasteiger partial charge in [-0.05, 0) is 60.5 Å². The van der Waals surface area contributed by atoms with Crippen molar-refractivity contribution in [2.45, 2.75) is 25.6 Å². The van der Waals surface area contributed by atoms with Crippen molar-refractivity contribution in [2.75, 3.05) is 17.2 Å². The molecule has 1 aliphatic heterocycles. The van der Waals surface area contributed by atoms with Gasteiger partial charge >= 0.3 is 6.18 Å². The molecule has 180 valence electrons. The van der Waals surface area contributed by atoms with E-state index in [1.54, 1.807) is 41.3 Å². The molecule has 0 atom stereocenters. The van der Waals surface area contributed by atoms with Crippen LogP contribution < -0.4 is 10.6 Å². The van der Waals surface area contributed by atoms with Crippen LogP contribution in [0.4, 0.5) is 24.5 Å². The highest BCUT2D eigenvalue weighted by Crippen LogP contribution is 2.30. The molecule has 35 heavy (non-hydrogen) atoms. The summed E-state index contributed by atoms with van der Waals surface area (Å²) in [6, 6.07) is 17.4. The second kappa shape index (κ2) is 10.0. The summed E-state index contributed by atoms with van der Waals surface area (Å²) >= 11 is 0. The number of nitrogens with one attached hydrogen (secondary N) is 2. The smallest absolute Gasteiger partial charge is 0.338 e. The first-order chi connectivity index (χ1) is 16.7. The Morgan fingerprint density at radius 2 is 1.46 bits per heavy atom. The van der Waals surface area contributed by atoms with E-state index in [0.717, 1.165) is 30.7 Å². The standard InChI is InChI=1S/C26H22F3N3O3/c27-26(28,29)20-5-2-7-22(15-20)31-25(35)19-4-1-6-21(14-19)30-24(34)18-11-9-17(10-12-18)16-32-13-3-8-23(32)33/h1-2,4-7,9-12,14-15H,3,8,13,16H2,(H,30,34)(H,31,35). The Balaban J connectivity index is 1.39. The molecule has 6 nitrogen and oxygen atoms in total. The predicted molar refractivity (Wildman–Crippen MR) is 125 cm³/mol. The zero-order chi connectivity index (χ0) is 25.0. The number of anilines is 2. The summed E-state index contributed by atoms with van der Waals surface area (Å²) in [7, 11) is 0. The number of halogens is 3. The normalized spacial score (nSPS) is 13.6. The fourth-order valence-corrected chi connectivity index (χ4v) is 3.77. The molecule has 0 aromatic heterocycles. The van der Waals surface area contributed by atoms with Crippen molar-refractivity contribution in [3.8, 4) is 0 Å². The van der Waals surface area contributed by atoms with Crippen LogP contribution in [0.25, 0.3) is 0 Å². The van der Waals surface area contributed by atoms with E-state index in [9.17, 15) is 27.6 Å². The Labute approximate surface area is 199 Å². The molecule has 0 aliphatic carbocycles. The summed E-state index contributed by atoms with van der Waals surface area (Å²) in [5.41, 5.74) is 0.999. The van der Waals surface area contributed by atoms with E-state index in [4.69, 9.17) is 0 Å². The topological polar surface area (TPSA) is 78.5 Å². The number of nitrogens with zero attached hydrogens (tertiary/aromatic N) is 1. The minimum Gasteiger partial charge on any atom is -0.338 e. The molecule has 3 amide bonds. The van der Waals surface area contributed by atoms with Gasteiger partial charge in [-0.25, -0.2) is 0 Å². The third-order valence-electron chi connectivity index (χ3n) is 5.59. The minimum atomic E-state index is -4.52. The zero-order valence-electron chi connectivity index (χ0n) is 18.6. The van der Waals surface area contributed by atoms with Gasteiger partial charge in [0.25, 0.3) is 11.8 Å². The van der Waals surface area contributed by atoms with Gasteiger partial charge in [0.2, 0.25) is 5.91 Å². The maximum Gasteiger partial charge on any atom is 0.416 e. The summed E-state index contributed by atoms with van der Waals surface area (Å²) in [5, 5.41) is 5.16. The van der Waals surface area contributed by atoms with Crippen LogP contribution in [0.2, 0.25) is 0 Å². The lowest BCUT2D eigenvalue weighted by molar-refractivity contribution is -0.137. The SMILES string of the molecule is O=C(Nc1cccc(C(=O)Nc2cccc(C(F)(F)F)c2)c1)c1ccc(CN2CCCC2=O)cc1. The summed E-state index contributed by atoms with van der Waals surface area (Å²) in [4.78, 5) is 38.8. The molecule has 0 saturated carbocycles. The summed E-state index contributed by atoms with van der Waals surface area (Å²) in [6.45, 7) is 1.24. The Morgan fingerprint density at radius 3 is 2.09 bits per heavy atom. The van der Waals surface area contributed by atoms with Crippen molar-refractivity contribution in [1.82, 2.24) is 4.90 Å². The van der Waals surface area contributed by atoms with E-state index in [1.165, 1.54) is 24.3 Å². The van der Waals surface area contributed by atoms with Crippen LogP contribution in [-0.4, -0.2) is 29.2 Å². The maximum absolute atomic E-state index is 12.9. The molecular formula is C26H22F3N3O3. The molecule has 0 bridgehead atoms. The largest absolute Gasteiger partial charge is 0.416 e. The van der Waals surface area contributed by atoms with Crippen molar-refractivity contribution < 1.29 is 27.6 Å². The Bertz CT molecular complexity index is 1260. The second-order valence-electron chi connectivity index (χ2n) is 8.18. The molecular weight excluding hydrogens is 459 g/mol. The van der Waals surface area contributed by atoms with E-state index in [-0.39, 0.29) is 23.1 Å². The van der Waals surface area contributed by atoms with Crippen LogP contribution in [0.15, 0.2) is 72.8 Å². The third-order valence-corrected chi connectivity index (χ3v) is 5.59. The van der Waals surface area contributed by atoms with E-state index in [1.807, 2.05) is 0 Å². The Morgan fingerprint density at radius 1 is 0.829 bits per heavy atom. The molecule has 4 rings (SSSR count). The lowest BCUT2D eigenvalue weighted by Crippen LogP contribution is -2.23. The summed E-state index contributed by atoms with van der Waals surface area (Å²) in [5.74, 6) is -0.866. The highest BCUT2D eigenvalue weighted by molar-refractivity contribution is 6.07. The number of carbonyl (C=O) groups excluding carboxylic acids is 3. The number of rotatable bonds is 6. The van der Waals surface area contributed by atoms with Gasteiger partial charge in [-0.3, -0.25) is 14.4 Å². The highest BCUT2D eigenvalue weighted by atomic mass is 19.4. The fraction of sp³-hybridized carbons (Fsp3) is 0.192. The Kier molecular flexibility index (Phi) is 6.86. The summed E-state index contributed by atoms with van der Waals surface area (Å²) < 4.78 is 38.7. The van der Waals surface area contributed by atoms with Gasteiger partial charge in [-0.15, -0.1) is 0 Å². The maximum atomic E-state index is 12.9. The Hall–Kier alpha value is -4.14. The van der Waals surface area contributed by atoms with Crippen molar-refractivity contribution in [3.63, 3.8) is 0 Å². The van der Waals surface area contributed by atoms with Crippen LogP contribution in [0.5, 0.6) is 0 Å². The molecule has 1 saturated heterocycles. The van der Waals surface area contributed by atoms with Gasteiger partial charge in [-0.1, -0.05) is 24.3 Å². The lowest BCUT2D eigenvalue weighted by Gasteiger charge is -2.15. The van der Waals surface area contributed by atoms with Crippen LogP contribution in [-0.2, 0) is 17.5 Å². The molecule has 2 N–H and O–H groups in total. The molecule has 0 spiro atoms. The molecule has 3 aromatic carbocycles. The number of amides is 3. The molecule has 1 aliphatic rings. The van der Waals surface area contributed by atoms with Gasteiger partial charge in [-0.2, -0.15) is 13.2 Å². The number of likely N-dealkylation sites (tertiary alicyclic amines) is 1. The van der Waals surface area contributed by atoms with Crippen molar-refractivity contribution in [3.05, 3.63) is 95.1 Å². The first kappa shape index (κ1) is 24.0. The van der Waals surface area contributed by atoms with Gasteiger partial charge in [0.05, 0.1) is 5.56 Å². The number of hydrogen-bond donors (Lipinski definition) is 2. The van der Waals surface area contributed by atoms with E-state index in [2.05, 4.69) is 10.6 Å². The van der Waals surface area contributed by atoms with Crippen LogP contribution in [0, 0.1) is 0 Å². The predicted octanol–water partition coefficient (Wildman–Crippen LogP) is 5.33.